The zero-order valence-corrected chi connectivity index (χ0v) is 13.3. The molecule has 2 heterocycles. The molecular weight excluding hydrogens is 268 g/mol. The van der Waals surface area contributed by atoms with Gasteiger partial charge in [0.2, 0.25) is 5.95 Å². The third-order valence-electron chi connectivity index (χ3n) is 3.62. The highest BCUT2D eigenvalue weighted by Gasteiger charge is 2.24. The Hall–Kier alpha value is -1.36. The van der Waals surface area contributed by atoms with Gasteiger partial charge in [0, 0.05) is 25.0 Å². The van der Waals surface area contributed by atoms with Gasteiger partial charge >= 0.3 is 0 Å². The second-order valence-corrected chi connectivity index (χ2v) is 6.93. The number of fused-ring (bicyclic) bond motifs is 1. The van der Waals surface area contributed by atoms with Gasteiger partial charge in [0.1, 0.15) is 10.6 Å². The van der Waals surface area contributed by atoms with E-state index in [2.05, 4.69) is 42.2 Å². The summed E-state index contributed by atoms with van der Waals surface area (Å²) >= 11 is 1.75. The lowest BCUT2D eigenvalue weighted by molar-refractivity contribution is 0.779. The quantitative estimate of drug-likeness (QED) is 0.881. The van der Waals surface area contributed by atoms with Crippen LogP contribution in [0.15, 0.2) is 6.07 Å². The van der Waals surface area contributed by atoms with Crippen molar-refractivity contribution in [3.63, 3.8) is 0 Å². The molecule has 0 radical (unpaired) electrons. The van der Waals surface area contributed by atoms with Crippen LogP contribution in [0, 0.1) is 12.8 Å². The van der Waals surface area contributed by atoms with Crippen molar-refractivity contribution in [2.45, 2.75) is 33.1 Å². The third-order valence-corrected chi connectivity index (χ3v) is 4.56. The maximum Gasteiger partial charge on any atom is 0.226 e. The maximum atomic E-state index is 4.74. The second-order valence-electron chi connectivity index (χ2n) is 5.70. The Balaban J connectivity index is 1.96. The molecule has 1 fully saturated rings. The van der Waals surface area contributed by atoms with Crippen molar-refractivity contribution in [3.05, 3.63) is 10.9 Å². The molecule has 0 aromatic carbocycles. The van der Waals surface area contributed by atoms with E-state index in [0.717, 1.165) is 42.0 Å². The molecule has 0 atom stereocenters. The Labute approximate surface area is 124 Å². The molecule has 4 nitrogen and oxygen atoms in total. The summed E-state index contributed by atoms with van der Waals surface area (Å²) in [5, 5.41) is 4.51. The SMILES string of the molecule is CCCNc1nc(N(C)CC2CC2)c2cc(C)sc2n1. The monoisotopic (exact) mass is 290 g/mol. The molecule has 2 aromatic heterocycles. The number of nitrogens with zero attached hydrogens (tertiary/aromatic N) is 3. The first-order chi connectivity index (χ1) is 9.67. The number of nitrogens with one attached hydrogen (secondary N) is 1. The first-order valence-corrected chi connectivity index (χ1v) is 8.22. The summed E-state index contributed by atoms with van der Waals surface area (Å²) in [6.45, 7) is 6.31. The number of rotatable bonds is 6. The minimum atomic E-state index is 0.763. The highest BCUT2D eigenvalue weighted by Crippen LogP contribution is 2.34. The number of hydrogen-bond donors (Lipinski definition) is 1. The van der Waals surface area contributed by atoms with Gasteiger partial charge in [-0.05, 0) is 38.2 Å². The molecule has 1 saturated carbocycles. The predicted octanol–water partition coefficient (Wildman–Crippen LogP) is 3.67. The average molecular weight is 290 g/mol. The molecule has 0 bridgehead atoms. The molecule has 20 heavy (non-hydrogen) atoms. The van der Waals surface area contributed by atoms with Crippen LogP contribution in [-0.4, -0.2) is 30.1 Å². The molecule has 3 rings (SSSR count). The van der Waals surface area contributed by atoms with E-state index in [9.17, 15) is 0 Å². The normalized spacial score (nSPS) is 14.8. The lowest BCUT2D eigenvalue weighted by Crippen LogP contribution is -2.22. The van der Waals surface area contributed by atoms with E-state index in [1.54, 1.807) is 11.3 Å². The van der Waals surface area contributed by atoms with Gasteiger partial charge in [0.05, 0.1) is 5.39 Å². The fourth-order valence-electron chi connectivity index (χ4n) is 2.41. The summed E-state index contributed by atoms with van der Waals surface area (Å²) in [5.74, 6) is 2.69. The van der Waals surface area contributed by atoms with E-state index >= 15 is 0 Å². The molecule has 0 saturated heterocycles. The first kappa shape index (κ1) is 13.6. The van der Waals surface area contributed by atoms with E-state index in [4.69, 9.17) is 4.98 Å². The zero-order valence-electron chi connectivity index (χ0n) is 12.4. The van der Waals surface area contributed by atoms with Crippen molar-refractivity contribution in [1.29, 1.82) is 0 Å². The average Bonchev–Trinajstić information content (AvgIpc) is 3.14. The lowest BCUT2D eigenvalue weighted by Gasteiger charge is -2.19. The van der Waals surface area contributed by atoms with Gasteiger partial charge in [0.25, 0.3) is 0 Å². The van der Waals surface area contributed by atoms with Crippen LogP contribution in [0.5, 0.6) is 0 Å². The topological polar surface area (TPSA) is 41.1 Å². The molecule has 0 amide bonds. The first-order valence-electron chi connectivity index (χ1n) is 7.40. The Morgan fingerprint density at radius 2 is 2.20 bits per heavy atom. The smallest absolute Gasteiger partial charge is 0.226 e. The molecule has 0 spiro atoms. The summed E-state index contributed by atoms with van der Waals surface area (Å²) in [6, 6.07) is 2.21. The maximum absolute atomic E-state index is 4.74. The molecule has 0 unspecified atom stereocenters. The van der Waals surface area contributed by atoms with E-state index in [1.807, 2.05) is 0 Å². The highest BCUT2D eigenvalue weighted by molar-refractivity contribution is 7.18. The standard InChI is InChI=1S/C15H22N4S/c1-4-7-16-15-17-13(19(3)9-11-5-6-11)12-8-10(2)20-14(12)18-15/h8,11H,4-7,9H2,1-3H3,(H,16,17,18). The largest absolute Gasteiger partial charge is 0.359 e. The second kappa shape index (κ2) is 5.56. The number of aryl methyl sites for hydroxylation is 1. The zero-order chi connectivity index (χ0) is 14.1. The summed E-state index contributed by atoms with van der Waals surface area (Å²) < 4.78 is 0. The van der Waals surface area contributed by atoms with Crippen LogP contribution in [0.1, 0.15) is 31.1 Å². The molecule has 1 aliphatic carbocycles. The van der Waals surface area contributed by atoms with Gasteiger partial charge in [-0.3, -0.25) is 0 Å². The fraction of sp³-hybridized carbons (Fsp3) is 0.600. The minimum Gasteiger partial charge on any atom is -0.359 e. The van der Waals surface area contributed by atoms with Crippen LogP contribution < -0.4 is 10.2 Å². The van der Waals surface area contributed by atoms with E-state index < -0.39 is 0 Å². The van der Waals surface area contributed by atoms with Gasteiger partial charge in [-0.15, -0.1) is 11.3 Å². The van der Waals surface area contributed by atoms with Crippen molar-refractivity contribution in [3.8, 4) is 0 Å². The van der Waals surface area contributed by atoms with Crippen LogP contribution in [0.3, 0.4) is 0 Å². The summed E-state index contributed by atoms with van der Waals surface area (Å²) in [4.78, 5) is 14.1. The van der Waals surface area contributed by atoms with E-state index in [0.29, 0.717) is 0 Å². The third kappa shape index (κ3) is 2.87. The van der Waals surface area contributed by atoms with Crippen molar-refractivity contribution < 1.29 is 0 Å². The Morgan fingerprint density at radius 1 is 1.40 bits per heavy atom. The Morgan fingerprint density at radius 3 is 2.90 bits per heavy atom. The lowest BCUT2D eigenvalue weighted by atomic mass is 10.3. The van der Waals surface area contributed by atoms with Crippen LogP contribution in [0.25, 0.3) is 10.2 Å². The van der Waals surface area contributed by atoms with Gasteiger partial charge in [-0.25, -0.2) is 4.98 Å². The number of hydrogen-bond acceptors (Lipinski definition) is 5. The molecular formula is C15H22N4S. The van der Waals surface area contributed by atoms with Crippen molar-refractivity contribution in [1.82, 2.24) is 9.97 Å². The molecule has 108 valence electrons. The van der Waals surface area contributed by atoms with Gasteiger partial charge in [-0.1, -0.05) is 6.92 Å². The van der Waals surface area contributed by atoms with Crippen molar-refractivity contribution >= 4 is 33.3 Å². The Kier molecular flexibility index (Phi) is 3.78. The molecule has 1 aliphatic rings. The van der Waals surface area contributed by atoms with Crippen molar-refractivity contribution in [2.24, 2.45) is 5.92 Å². The van der Waals surface area contributed by atoms with Crippen LogP contribution >= 0.6 is 11.3 Å². The van der Waals surface area contributed by atoms with Gasteiger partial charge in [-0.2, -0.15) is 4.98 Å². The van der Waals surface area contributed by atoms with Gasteiger partial charge < -0.3 is 10.2 Å². The van der Waals surface area contributed by atoms with Crippen LogP contribution in [0.2, 0.25) is 0 Å². The number of anilines is 2. The highest BCUT2D eigenvalue weighted by atomic mass is 32.1. The Bertz CT molecular complexity index is 603. The van der Waals surface area contributed by atoms with Gasteiger partial charge in [0.15, 0.2) is 0 Å². The summed E-state index contributed by atoms with van der Waals surface area (Å²) in [6.07, 6.45) is 3.81. The van der Waals surface area contributed by atoms with E-state index in [1.165, 1.54) is 23.1 Å². The van der Waals surface area contributed by atoms with Crippen LogP contribution in [-0.2, 0) is 0 Å². The molecule has 5 heteroatoms. The summed E-state index contributed by atoms with van der Waals surface area (Å²) in [7, 11) is 2.15. The molecule has 2 aromatic rings. The fourth-order valence-corrected chi connectivity index (χ4v) is 3.28. The summed E-state index contributed by atoms with van der Waals surface area (Å²) in [5.41, 5.74) is 0. The number of thiophene rings is 1. The molecule has 1 N–H and O–H groups in total. The molecule has 0 aliphatic heterocycles. The van der Waals surface area contributed by atoms with Crippen molar-refractivity contribution in [2.75, 3.05) is 30.4 Å². The number of aromatic nitrogens is 2. The van der Waals surface area contributed by atoms with Crippen LogP contribution in [0.4, 0.5) is 11.8 Å². The minimum absolute atomic E-state index is 0.763. The predicted molar refractivity (Wildman–Crippen MR) is 86.9 cm³/mol. The van der Waals surface area contributed by atoms with E-state index in [-0.39, 0.29) is 0 Å².